The zero-order chi connectivity index (χ0) is 23.8. The molecule has 0 unspecified atom stereocenters. The summed E-state index contributed by atoms with van der Waals surface area (Å²) in [4.78, 5) is 13.6. The van der Waals surface area contributed by atoms with Gasteiger partial charge in [-0.15, -0.1) is 11.8 Å². The summed E-state index contributed by atoms with van der Waals surface area (Å²) in [7, 11) is -2.16. The molecule has 0 heterocycles. The topological polar surface area (TPSA) is 93.7 Å². The highest BCUT2D eigenvalue weighted by Crippen LogP contribution is 2.26. The van der Waals surface area contributed by atoms with Crippen molar-refractivity contribution in [2.45, 2.75) is 28.9 Å². The lowest BCUT2D eigenvalue weighted by Gasteiger charge is -2.13. The van der Waals surface area contributed by atoms with Crippen molar-refractivity contribution in [3.05, 3.63) is 72.8 Å². The van der Waals surface area contributed by atoms with Crippen molar-refractivity contribution < 1.29 is 22.7 Å². The number of sulfonamides is 1. The Balaban J connectivity index is 1.59. The minimum atomic E-state index is -3.76. The molecule has 0 spiro atoms. The monoisotopic (exact) mass is 486 g/mol. The molecule has 174 valence electrons. The smallest absolute Gasteiger partial charge is 0.261 e. The van der Waals surface area contributed by atoms with E-state index in [0.29, 0.717) is 23.7 Å². The molecule has 0 aliphatic heterocycles. The zero-order valence-corrected chi connectivity index (χ0v) is 20.2. The van der Waals surface area contributed by atoms with Crippen LogP contribution >= 0.6 is 11.8 Å². The second kappa shape index (κ2) is 11.1. The highest BCUT2D eigenvalue weighted by atomic mass is 32.2. The van der Waals surface area contributed by atoms with Crippen molar-refractivity contribution in [3.8, 4) is 11.5 Å². The van der Waals surface area contributed by atoms with Gasteiger partial charge in [0.2, 0.25) is 5.91 Å². The number of methoxy groups -OCH3 is 1. The van der Waals surface area contributed by atoms with Gasteiger partial charge in [0.25, 0.3) is 10.0 Å². The van der Waals surface area contributed by atoms with Gasteiger partial charge >= 0.3 is 0 Å². The summed E-state index contributed by atoms with van der Waals surface area (Å²) in [5.41, 5.74) is 0.947. The summed E-state index contributed by atoms with van der Waals surface area (Å²) in [6, 6.07) is 20.2. The Kier molecular flexibility index (Phi) is 8.24. The molecule has 7 nitrogen and oxygen atoms in total. The maximum atomic E-state index is 12.7. The first-order valence-corrected chi connectivity index (χ1v) is 12.6. The van der Waals surface area contributed by atoms with Crippen LogP contribution in [0.5, 0.6) is 11.5 Å². The van der Waals surface area contributed by atoms with E-state index in [1.54, 1.807) is 43.5 Å². The number of carbonyl (C=O) groups excluding carboxylic acids is 1. The van der Waals surface area contributed by atoms with Gasteiger partial charge < -0.3 is 14.8 Å². The Morgan fingerprint density at radius 2 is 1.48 bits per heavy atom. The van der Waals surface area contributed by atoms with E-state index >= 15 is 0 Å². The summed E-state index contributed by atoms with van der Waals surface area (Å²) < 4.78 is 38.4. The van der Waals surface area contributed by atoms with E-state index in [2.05, 4.69) is 10.0 Å². The molecule has 0 bridgehead atoms. The molecule has 0 aliphatic rings. The molecular weight excluding hydrogens is 460 g/mol. The number of benzene rings is 3. The number of amides is 1. The molecule has 33 heavy (non-hydrogen) atoms. The Labute approximate surface area is 198 Å². The average Bonchev–Trinajstić information content (AvgIpc) is 2.81. The number of nitrogens with one attached hydrogen (secondary N) is 2. The van der Waals surface area contributed by atoms with Crippen LogP contribution in [0.15, 0.2) is 82.6 Å². The number of rotatable bonds is 10. The number of hydrogen-bond acceptors (Lipinski definition) is 6. The molecule has 0 aromatic heterocycles. The van der Waals surface area contributed by atoms with Gasteiger partial charge in [0.1, 0.15) is 11.5 Å². The van der Waals surface area contributed by atoms with Gasteiger partial charge in [-0.05, 0) is 86.6 Å². The van der Waals surface area contributed by atoms with E-state index in [9.17, 15) is 13.2 Å². The first-order valence-electron chi connectivity index (χ1n) is 10.3. The SMILES string of the molecule is CCOc1ccc(NS(=O)(=O)c2ccc(NC(=O)[C@H](C)Sc3ccc(OC)cc3)cc2)cc1. The third-order valence-electron chi connectivity index (χ3n) is 4.59. The lowest BCUT2D eigenvalue weighted by atomic mass is 10.3. The number of hydrogen-bond donors (Lipinski definition) is 2. The van der Waals surface area contributed by atoms with Crippen LogP contribution in [0.4, 0.5) is 11.4 Å². The third kappa shape index (κ3) is 6.90. The van der Waals surface area contributed by atoms with Crippen molar-refractivity contribution >= 4 is 39.1 Å². The maximum Gasteiger partial charge on any atom is 0.261 e. The molecule has 1 amide bonds. The van der Waals surface area contributed by atoms with Crippen LogP contribution in [0.25, 0.3) is 0 Å². The average molecular weight is 487 g/mol. The largest absolute Gasteiger partial charge is 0.497 e. The Morgan fingerprint density at radius 3 is 2.06 bits per heavy atom. The van der Waals surface area contributed by atoms with Crippen molar-refractivity contribution in [2.24, 2.45) is 0 Å². The van der Waals surface area contributed by atoms with Gasteiger partial charge in [-0.25, -0.2) is 8.42 Å². The fourth-order valence-corrected chi connectivity index (χ4v) is 4.80. The minimum absolute atomic E-state index is 0.0926. The van der Waals surface area contributed by atoms with Gasteiger partial charge in [0.05, 0.1) is 23.9 Å². The van der Waals surface area contributed by atoms with Crippen LogP contribution in [0.3, 0.4) is 0 Å². The predicted octanol–water partition coefficient (Wildman–Crippen LogP) is 5.01. The number of thioether (sulfide) groups is 1. The summed E-state index contributed by atoms with van der Waals surface area (Å²) >= 11 is 1.42. The van der Waals surface area contributed by atoms with E-state index in [1.165, 1.54) is 23.9 Å². The normalized spacial score (nSPS) is 12.0. The first-order chi connectivity index (χ1) is 15.8. The van der Waals surface area contributed by atoms with Crippen LogP contribution < -0.4 is 19.5 Å². The van der Waals surface area contributed by atoms with Gasteiger partial charge in [-0.3, -0.25) is 9.52 Å². The van der Waals surface area contributed by atoms with E-state index < -0.39 is 10.0 Å². The molecule has 2 N–H and O–H groups in total. The molecule has 0 saturated heterocycles. The van der Waals surface area contributed by atoms with Crippen molar-refractivity contribution in [3.63, 3.8) is 0 Å². The number of ether oxygens (including phenoxy) is 2. The van der Waals surface area contributed by atoms with Gasteiger partial charge in [-0.2, -0.15) is 0 Å². The van der Waals surface area contributed by atoms with Crippen molar-refractivity contribution in [2.75, 3.05) is 23.8 Å². The van der Waals surface area contributed by atoms with Gasteiger partial charge in [0, 0.05) is 16.3 Å². The zero-order valence-electron chi connectivity index (χ0n) is 18.6. The van der Waals surface area contributed by atoms with Crippen LogP contribution in [-0.2, 0) is 14.8 Å². The van der Waals surface area contributed by atoms with E-state index in [1.807, 2.05) is 38.1 Å². The fraction of sp³-hybridized carbons (Fsp3) is 0.208. The standard InChI is InChI=1S/C24H26N2O5S2/c1-4-31-21-9-5-19(6-10-21)26-33(28,29)23-15-7-18(8-16-23)25-24(27)17(2)32-22-13-11-20(30-3)12-14-22/h5-17,26H,4H2,1-3H3,(H,25,27)/t17-/m0/s1. The molecule has 3 rings (SSSR count). The molecular formula is C24H26N2O5S2. The van der Waals surface area contributed by atoms with Crippen LogP contribution in [0.1, 0.15) is 13.8 Å². The van der Waals surface area contributed by atoms with Crippen LogP contribution in [0, 0.1) is 0 Å². The van der Waals surface area contributed by atoms with E-state index in [4.69, 9.17) is 9.47 Å². The van der Waals surface area contributed by atoms with Crippen LogP contribution in [-0.4, -0.2) is 33.3 Å². The predicted molar refractivity (Wildman–Crippen MR) is 132 cm³/mol. The maximum absolute atomic E-state index is 12.7. The van der Waals surface area contributed by atoms with Gasteiger partial charge in [-0.1, -0.05) is 0 Å². The Morgan fingerprint density at radius 1 is 0.909 bits per heavy atom. The fourth-order valence-electron chi connectivity index (χ4n) is 2.87. The second-order valence-electron chi connectivity index (χ2n) is 7.01. The first kappa shape index (κ1) is 24.5. The molecule has 3 aromatic carbocycles. The van der Waals surface area contributed by atoms with Crippen molar-refractivity contribution in [1.29, 1.82) is 0 Å². The molecule has 0 fully saturated rings. The molecule has 0 aliphatic carbocycles. The lowest BCUT2D eigenvalue weighted by Crippen LogP contribution is -2.22. The highest BCUT2D eigenvalue weighted by Gasteiger charge is 2.17. The van der Waals surface area contributed by atoms with Crippen molar-refractivity contribution in [1.82, 2.24) is 0 Å². The summed E-state index contributed by atoms with van der Waals surface area (Å²) in [6.07, 6.45) is 0. The summed E-state index contributed by atoms with van der Waals surface area (Å²) in [6.45, 7) is 4.22. The van der Waals surface area contributed by atoms with E-state index in [0.717, 1.165) is 10.6 Å². The van der Waals surface area contributed by atoms with E-state index in [-0.39, 0.29) is 16.1 Å². The third-order valence-corrected chi connectivity index (χ3v) is 7.10. The lowest BCUT2D eigenvalue weighted by molar-refractivity contribution is -0.115. The number of anilines is 2. The molecule has 1 atom stereocenters. The highest BCUT2D eigenvalue weighted by molar-refractivity contribution is 8.00. The van der Waals surface area contributed by atoms with Gasteiger partial charge in [0.15, 0.2) is 0 Å². The second-order valence-corrected chi connectivity index (χ2v) is 10.1. The summed E-state index contributed by atoms with van der Waals surface area (Å²) in [5.74, 6) is 1.24. The Hall–Kier alpha value is -3.17. The van der Waals surface area contributed by atoms with Crippen LogP contribution in [0.2, 0.25) is 0 Å². The molecule has 3 aromatic rings. The number of carbonyl (C=O) groups is 1. The Bertz CT molecular complexity index is 1160. The molecule has 0 radical (unpaired) electrons. The summed E-state index contributed by atoms with van der Waals surface area (Å²) in [5, 5.41) is 2.47. The minimum Gasteiger partial charge on any atom is -0.497 e. The quantitative estimate of drug-likeness (QED) is 0.391. The molecule has 0 saturated carbocycles. The molecule has 9 heteroatoms.